The SMILES string of the molecule is COc1cccc(C2NNC3CCN(C(=O)c4cccc(F)c4)CC32)c1. The van der Waals surface area contributed by atoms with E-state index >= 15 is 0 Å². The maximum absolute atomic E-state index is 13.5. The molecular weight excluding hydrogens is 333 g/mol. The number of carbonyl (C=O) groups excluding carboxylic acids is 1. The molecule has 2 N–H and O–H groups in total. The lowest BCUT2D eigenvalue weighted by molar-refractivity contribution is 0.0652. The number of benzene rings is 2. The molecule has 5 nitrogen and oxygen atoms in total. The van der Waals surface area contributed by atoms with E-state index in [-0.39, 0.29) is 23.7 Å². The minimum atomic E-state index is -0.385. The van der Waals surface area contributed by atoms with Gasteiger partial charge in [0.2, 0.25) is 0 Å². The van der Waals surface area contributed by atoms with Crippen LogP contribution in [-0.4, -0.2) is 37.0 Å². The largest absolute Gasteiger partial charge is 0.497 e. The number of ether oxygens (including phenoxy) is 1. The van der Waals surface area contributed by atoms with E-state index in [0.717, 1.165) is 17.7 Å². The summed E-state index contributed by atoms with van der Waals surface area (Å²) in [4.78, 5) is 14.6. The molecule has 2 aromatic carbocycles. The first-order chi connectivity index (χ1) is 12.7. The van der Waals surface area contributed by atoms with Crippen molar-refractivity contribution in [1.82, 2.24) is 15.8 Å². The van der Waals surface area contributed by atoms with Crippen molar-refractivity contribution in [3.63, 3.8) is 0 Å². The number of amides is 1. The average Bonchev–Trinajstić information content (AvgIpc) is 3.10. The van der Waals surface area contributed by atoms with Crippen LogP contribution in [0.15, 0.2) is 48.5 Å². The molecule has 2 saturated heterocycles. The van der Waals surface area contributed by atoms with Gasteiger partial charge in [-0.1, -0.05) is 18.2 Å². The van der Waals surface area contributed by atoms with E-state index in [1.165, 1.54) is 12.1 Å². The lowest BCUT2D eigenvalue weighted by atomic mass is 9.85. The highest BCUT2D eigenvalue weighted by Gasteiger charge is 2.41. The Morgan fingerprint density at radius 1 is 1.19 bits per heavy atom. The fourth-order valence-corrected chi connectivity index (χ4v) is 3.96. The van der Waals surface area contributed by atoms with Crippen molar-refractivity contribution in [2.24, 2.45) is 5.92 Å². The van der Waals surface area contributed by atoms with Gasteiger partial charge < -0.3 is 9.64 Å². The lowest BCUT2D eigenvalue weighted by Gasteiger charge is -2.36. The van der Waals surface area contributed by atoms with Gasteiger partial charge in [0.05, 0.1) is 13.2 Å². The molecule has 136 valence electrons. The zero-order valence-electron chi connectivity index (χ0n) is 14.6. The Morgan fingerprint density at radius 3 is 2.85 bits per heavy atom. The van der Waals surface area contributed by atoms with Gasteiger partial charge in [-0.3, -0.25) is 10.2 Å². The maximum Gasteiger partial charge on any atom is 0.253 e. The molecule has 0 aromatic heterocycles. The van der Waals surface area contributed by atoms with E-state index in [0.29, 0.717) is 24.7 Å². The van der Waals surface area contributed by atoms with Crippen molar-refractivity contribution >= 4 is 5.91 Å². The highest BCUT2D eigenvalue weighted by Crippen LogP contribution is 2.35. The van der Waals surface area contributed by atoms with Gasteiger partial charge in [-0.05, 0) is 42.3 Å². The van der Waals surface area contributed by atoms with E-state index in [4.69, 9.17) is 4.74 Å². The average molecular weight is 355 g/mol. The van der Waals surface area contributed by atoms with Crippen molar-refractivity contribution in [2.75, 3.05) is 20.2 Å². The van der Waals surface area contributed by atoms with Crippen molar-refractivity contribution in [3.8, 4) is 5.75 Å². The molecule has 2 heterocycles. The first-order valence-corrected chi connectivity index (χ1v) is 8.85. The molecule has 6 heteroatoms. The second kappa shape index (κ2) is 7.05. The van der Waals surface area contributed by atoms with Crippen LogP contribution >= 0.6 is 0 Å². The van der Waals surface area contributed by atoms with Crippen LogP contribution in [0, 0.1) is 11.7 Å². The number of hydrazine groups is 1. The molecule has 0 bridgehead atoms. The molecule has 2 aromatic rings. The lowest BCUT2D eigenvalue weighted by Crippen LogP contribution is -2.47. The summed E-state index contributed by atoms with van der Waals surface area (Å²) in [7, 11) is 1.66. The predicted molar refractivity (Wildman–Crippen MR) is 96.2 cm³/mol. The summed E-state index contributed by atoms with van der Waals surface area (Å²) >= 11 is 0. The zero-order chi connectivity index (χ0) is 18.1. The first kappa shape index (κ1) is 17.0. The molecule has 2 fully saturated rings. The quantitative estimate of drug-likeness (QED) is 0.888. The van der Waals surface area contributed by atoms with Crippen LogP contribution < -0.4 is 15.6 Å². The Morgan fingerprint density at radius 2 is 2.04 bits per heavy atom. The molecule has 0 saturated carbocycles. The standard InChI is InChI=1S/C20H22FN3O2/c1-26-16-7-3-4-13(11-16)19-17-12-24(9-8-18(17)22-23-19)20(25)14-5-2-6-15(21)10-14/h2-7,10-11,17-19,22-23H,8-9,12H2,1H3. The maximum atomic E-state index is 13.5. The second-order valence-corrected chi connectivity index (χ2v) is 6.86. The third-order valence-electron chi connectivity index (χ3n) is 5.32. The summed E-state index contributed by atoms with van der Waals surface area (Å²) in [5.41, 5.74) is 8.27. The Bertz CT molecular complexity index is 813. The van der Waals surface area contributed by atoms with Crippen LogP contribution in [0.2, 0.25) is 0 Å². The van der Waals surface area contributed by atoms with Crippen molar-refractivity contribution in [2.45, 2.75) is 18.5 Å². The van der Waals surface area contributed by atoms with E-state index in [1.807, 2.05) is 23.1 Å². The van der Waals surface area contributed by atoms with Crippen molar-refractivity contribution in [3.05, 3.63) is 65.5 Å². The molecule has 2 aliphatic rings. The summed E-state index contributed by atoms with van der Waals surface area (Å²) in [6.45, 7) is 1.29. The highest BCUT2D eigenvalue weighted by atomic mass is 19.1. The van der Waals surface area contributed by atoms with Crippen LogP contribution in [-0.2, 0) is 0 Å². The topological polar surface area (TPSA) is 53.6 Å². The van der Waals surface area contributed by atoms with Gasteiger partial charge in [0.15, 0.2) is 0 Å². The molecule has 0 spiro atoms. The Kier molecular flexibility index (Phi) is 4.61. The Labute approximate surface area is 152 Å². The summed E-state index contributed by atoms with van der Waals surface area (Å²) < 4.78 is 18.8. The second-order valence-electron chi connectivity index (χ2n) is 6.86. The fraction of sp³-hybridized carbons (Fsp3) is 0.350. The number of rotatable bonds is 3. The number of hydrogen-bond acceptors (Lipinski definition) is 4. The molecule has 26 heavy (non-hydrogen) atoms. The third-order valence-corrected chi connectivity index (χ3v) is 5.32. The van der Waals surface area contributed by atoms with Gasteiger partial charge in [-0.15, -0.1) is 0 Å². The van der Waals surface area contributed by atoms with Gasteiger partial charge >= 0.3 is 0 Å². The summed E-state index contributed by atoms with van der Waals surface area (Å²) in [6, 6.07) is 14.3. The van der Waals surface area contributed by atoms with E-state index in [2.05, 4.69) is 16.9 Å². The van der Waals surface area contributed by atoms with E-state index in [9.17, 15) is 9.18 Å². The smallest absolute Gasteiger partial charge is 0.253 e. The molecule has 1 amide bonds. The van der Waals surface area contributed by atoms with Crippen molar-refractivity contribution in [1.29, 1.82) is 0 Å². The summed E-state index contributed by atoms with van der Waals surface area (Å²) in [5, 5.41) is 0. The van der Waals surface area contributed by atoms with Gasteiger partial charge in [-0.25, -0.2) is 9.82 Å². The minimum absolute atomic E-state index is 0.0956. The van der Waals surface area contributed by atoms with Gasteiger partial charge in [-0.2, -0.15) is 0 Å². The van der Waals surface area contributed by atoms with E-state index < -0.39 is 0 Å². The number of nitrogens with one attached hydrogen (secondary N) is 2. The first-order valence-electron chi connectivity index (χ1n) is 8.85. The number of fused-ring (bicyclic) bond motifs is 1. The van der Waals surface area contributed by atoms with Crippen LogP contribution in [0.5, 0.6) is 5.75 Å². The highest BCUT2D eigenvalue weighted by molar-refractivity contribution is 5.94. The number of likely N-dealkylation sites (tertiary alicyclic amines) is 1. The number of piperidine rings is 1. The van der Waals surface area contributed by atoms with E-state index in [1.54, 1.807) is 19.2 Å². The molecule has 2 aliphatic heterocycles. The fourth-order valence-electron chi connectivity index (χ4n) is 3.96. The van der Waals surface area contributed by atoms with Gasteiger partial charge in [0, 0.05) is 30.6 Å². The normalized spacial score (nSPS) is 25.0. The number of methoxy groups -OCH3 is 1. The minimum Gasteiger partial charge on any atom is -0.497 e. The number of carbonyl (C=O) groups is 1. The van der Waals surface area contributed by atoms with Crippen LogP contribution in [0.3, 0.4) is 0 Å². The van der Waals surface area contributed by atoms with Crippen LogP contribution in [0.25, 0.3) is 0 Å². The van der Waals surface area contributed by atoms with Gasteiger partial charge in [0.1, 0.15) is 11.6 Å². The third kappa shape index (κ3) is 3.18. The molecule has 3 atom stereocenters. The number of nitrogens with zero attached hydrogens (tertiary/aromatic N) is 1. The molecule has 4 rings (SSSR count). The monoisotopic (exact) mass is 355 g/mol. The number of hydrogen-bond donors (Lipinski definition) is 2. The van der Waals surface area contributed by atoms with Crippen LogP contribution in [0.4, 0.5) is 4.39 Å². The zero-order valence-corrected chi connectivity index (χ0v) is 14.6. The van der Waals surface area contributed by atoms with Crippen molar-refractivity contribution < 1.29 is 13.9 Å². The Hall–Kier alpha value is -2.44. The molecular formula is C20H22FN3O2. The summed E-state index contributed by atoms with van der Waals surface area (Å²) in [5.74, 6) is 0.563. The Balaban J connectivity index is 1.54. The van der Waals surface area contributed by atoms with Gasteiger partial charge in [0.25, 0.3) is 5.91 Å². The predicted octanol–water partition coefficient (Wildman–Crippen LogP) is 2.51. The molecule has 0 aliphatic carbocycles. The number of halogens is 1. The molecule has 3 unspecified atom stereocenters. The van der Waals surface area contributed by atoms with Crippen LogP contribution in [0.1, 0.15) is 28.4 Å². The summed E-state index contributed by atoms with van der Waals surface area (Å²) in [6.07, 6.45) is 0.860. The molecule has 0 radical (unpaired) electrons.